The zero-order valence-electron chi connectivity index (χ0n) is 21.1. The molecule has 3 N–H and O–H groups in total. The minimum absolute atomic E-state index is 0.0237. The molecule has 1 aliphatic carbocycles. The number of halogens is 3. The Kier molecular flexibility index (Phi) is 9.09. The lowest BCUT2D eigenvalue weighted by molar-refractivity contribution is -0.00117. The number of alkyl halides is 1. The van der Waals surface area contributed by atoms with E-state index in [1.165, 1.54) is 24.4 Å². The van der Waals surface area contributed by atoms with Crippen LogP contribution in [0.5, 0.6) is 0 Å². The lowest BCUT2D eigenvalue weighted by Crippen LogP contribution is -2.42. The lowest BCUT2D eigenvalue weighted by atomic mass is 9.90. The number of ether oxygens (including phenoxy) is 2. The molecule has 2 aromatic rings. The molecule has 0 amide bonds. The zero-order chi connectivity index (χ0) is 25.5. The number of aromatic nitrogens is 1. The van der Waals surface area contributed by atoms with Crippen LogP contribution in [-0.2, 0) is 9.47 Å². The van der Waals surface area contributed by atoms with Gasteiger partial charge in [-0.3, -0.25) is 0 Å². The van der Waals surface area contributed by atoms with Crippen molar-refractivity contribution in [2.24, 2.45) is 0 Å². The highest BCUT2D eigenvalue weighted by atomic mass is 19.1. The van der Waals surface area contributed by atoms with Gasteiger partial charge in [0, 0.05) is 63.4 Å². The van der Waals surface area contributed by atoms with Crippen LogP contribution in [0.4, 0.5) is 24.7 Å². The molecule has 0 spiro atoms. The molecule has 1 saturated carbocycles. The molecular weight excluding hydrogens is 469 g/mol. The summed E-state index contributed by atoms with van der Waals surface area (Å²) in [6.45, 7) is 3.48. The standard InChI is InChI=1S/C27H37F3N4O2/c1-18(16-35-2)33-20-4-6-21(7-5-20)34-26-14-22(24(29)15-31-26)19-3-8-23(28)25(13-19)32-17-27(30)9-11-36-12-10-27/h3,8,13-15,18,20-21,32-33H,4-7,9-12,16-17H2,1-2H3,(H,31,34)/t18-,20-,21-/m1/s1. The highest BCUT2D eigenvalue weighted by Gasteiger charge is 2.32. The molecule has 0 radical (unpaired) electrons. The van der Waals surface area contributed by atoms with Crippen LogP contribution in [0.2, 0.25) is 0 Å². The number of pyridine rings is 1. The minimum atomic E-state index is -1.45. The third kappa shape index (κ3) is 7.11. The number of anilines is 2. The van der Waals surface area contributed by atoms with Crippen LogP contribution in [-0.4, -0.2) is 62.3 Å². The molecule has 2 heterocycles. The number of rotatable bonds is 10. The molecule has 36 heavy (non-hydrogen) atoms. The molecule has 2 aliphatic rings. The number of benzene rings is 1. The maximum Gasteiger partial charge on any atom is 0.149 e. The molecule has 1 aromatic carbocycles. The van der Waals surface area contributed by atoms with E-state index in [2.05, 4.69) is 27.9 Å². The van der Waals surface area contributed by atoms with Gasteiger partial charge in [-0.15, -0.1) is 0 Å². The van der Waals surface area contributed by atoms with Crippen molar-refractivity contribution in [1.82, 2.24) is 10.3 Å². The second kappa shape index (κ2) is 12.3. The molecule has 6 nitrogen and oxygen atoms in total. The molecule has 198 valence electrons. The average molecular weight is 507 g/mol. The predicted molar refractivity (Wildman–Crippen MR) is 136 cm³/mol. The number of nitrogens with one attached hydrogen (secondary N) is 3. The molecule has 1 saturated heterocycles. The molecule has 0 bridgehead atoms. The monoisotopic (exact) mass is 506 g/mol. The van der Waals surface area contributed by atoms with Gasteiger partial charge in [-0.1, -0.05) is 6.07 Å². The van der Waals surface area contributed by atoms with Crippen molar-refractivity contribution in [3.63, 3.8) is 0 Å². The first-order valence-corrected chi connectivity index (χ1v) is 12.8. The van der Waals surface area contributed by atoms with Crippen molar-refractivity contribution >= 4 is 11.5 Å². The van der Waals surface area contributed by atoms with Gasteiger partial charge in [0.1, 0.15) is 23.1 Å². The third-order valence-corrected chi connectivity index (χ3v) is 7.13. The molecule has 1 atom stereocenters. The topological polar surface area (TPSA) is 67.4 Å². The summed E-state index contributed by atoms with van der Waals surface area (Å²) < 4.78 is 54.6. The van der Waals surface area contributed by atoms with Crippen LogP contribution >= 0.6 is 0 Å². The van der Waals surface area contributed by atoms with Crippen molar-refractivity contribution in [2.45, 2.75) is 69.2 Å². The van der Waals surface area contributed by atoms with E-state index in [1.807, 2.05) is 0 Å². The Labute approximate surface area is 211 Å². The summed E-state index contributed by atoms with van der Waals surface area (Å²) in [5.74, 6) is -0.420. The zero-order valence-corrected chi connectivity index (χ0v) is 21.1. The Bertz CT molecular complexity index is 995. The van der Waals surface area contributed by atoms with Gasteiger partial charge in [0.2, 0.25) is 0 Å². The molecule has 1 aromatic heterocycles. The smallest absolute Gasteiger partial charge is 0.149 e. The molecule has 9 heteroatoms. The van der Waals surface area contributed by atoms with Gasteiger partial charge in [-0.05, 0) is 56.4 Å². The lowest BCUT2D eigenvalue weighted by Gasteiger charge is -2.32. The van der Waals surface area contributed by atoms with Crippen LogP contribution < -0.4 is 16.0 Å². The summed E-state index contributed by atoms with van der Waals surface area (Å²) in [5, 5.41) is 9.92. The van der Waals surface area contributed by atoms with E-state index in [0.717, 1.165) is 25.7 Å². The van der Waals surface area contributed by atoms with E-state index in [9.17, 15) is 13.2 Å². The molecule has 4 rings (SSSR count). The summed E-state index contributed by atoms with van der Waals surface area (Å²) in [6, 6.07) is 7.01. The fourth-order valence-corrected chi connectivity index (χ4v) is 5.05. The van der Waals surface area contributed by atoms with E-state index in [-0.39, 0.29) is 31.1 Å². The van der Waals surface area contributed by atoms with Gasteiger partial charge >= 0.3 is 0 Å². The molecule has 1 aliphatic heterocycles. The van der Waals surface area contributed by atoms with E-state index < -0.39 is 17.3 Å². The van der Waals surface area contributed by atoms with Crippen LogP contribution in [0.15, 0.2) is 30.5 Å². The van der Waals surface area contributed by atoms with Crippen molar-refractivity contribution in [1.29, 1.82) is 0 Å². The minimum Gasteiger partial charge on any atom is -0.383 e. The van der Waals surface area contributed by atoms with Crippen molar-refractivity contribution in [3.05, 3.63) is 42.1 Å². The summed E-state index contributed by atoms with van der Waals surface area (Å²) in [7, 11) is 1.71. The second-order valence-electron chi connectivity index (χ2n) is 10.1. The van der Waals surface area contributed by atoms with Crippen molar-refractivity contribution in [2.75, 3.05) is 44.1 Å². The van der Waals surface area contributed by atoms with Gasteiger partial charge < -0.3 is 25.4 Å². The van der Waals surface area contributed by atoms with Gasteiger partial charge in [-0.25, -0.2) is 18.2 Å². The normalized spacial score (nSPS) is 22.7. The van der Waals surface area contributed by atoms with Gasteiger partial charge in [-0.2, -0.15) is 0 Å². The first-order chi connectivity index (χ1) is 17.3. The largest absolute Gasteiger partial charge is 0.383 e. The molecule has 0 unspecified atom stereocenters. The average Bonchev–Trinajstić information content (AvgIpc) is 2.87. The quantitative estimate of drug-likeness (QED) is 0.406. The first-order valence-electron chi connectivity index (χ1n) is 12.8. The maximum absolute atomic E-state index is 14.9. The Morgan fingerprint density at radius 1 is 1.08 bits per heavy atom. The van der Waals surface area contributed by atoms with E-state index in [0.29, 0.717) is 48.8 Å². The summed E-state index contributed by atoms with van der Waals surface area (Å²) in [6.07, 6.45) is 5.74. The Balaban J connectivity index is 1.39. The summed E-state index contributed by atoms with van der Waals surface area (Å²) in [5.41, 5.74) is -0.479. The fraction of sp³-hybridized carbons (Fsp3) is 0.593. The number of methoxy groups -OCH3 is 1. The Morgan fingerprint density at radius 2 is 1.81 bits per heavy atom. The van der Waals surface area contributed by atoms with Crippen molar-refractivity contribution in [3.8, 4) is 11.1 Å². The van der Waals surface area contributed by atoms with E-state index in [1.54, 1.807) is 13.2 Å². The number of hydrogen-bond acceptors (Lipinski definition) is 6. The maximum atomic E-state index is 14.9. The van der Waals surface area contributed by atoms with Gasteiger partial charge in [0.25, 0.3) is 0 Å². The molecular formula is C27H37F3N4O2. The number of nitrogens with zero attached hydrogens (tertiary/aromatic N) is 1. The SMILES string of the molecule is COC[C@@H](C)N[C@H]1CC[C@H](Nc2cc(-c3ccc(F)c(NCC4(F)CCOCC4)c3)c(F)cn2)CC1. The van der Waals surface area contributed by atoms with Crippen LogP contribution in [0.1, 0.15) is 45.4 Å². The second-order valence-corrected chi connectivity index (χ2v) is 10.1. The predicted octanol–water partition coefficient (Wildman–Crippen LogP) is 5.31. The third-order valence-electron chi connectivity index (χ3n) is 7.13. The highest BCUT2D eigenvalue weighted by Crippen LogP contribution is 2.31. The first kappa shape index (κ1) is 26.7. The Hall–Kier alpha value is -2.36. The number of hydrogen-bond donors (Lipinski definition) is 3. The van der Waals surface area contributed by atoms with E-state index >= 15 is 0 Å². The summed E-state index contributed by atoms with van der Waals surface area (Å²) >= 11 is 0. The van der Waals surface area contributed by atoms with Gasteiger partial charge in [0.15, 0.2) is 0 Å². The fourth-order valence-electron chi connectivity index (χ4n) is 5.05. The van der Waals surface area contributed by atoms with Gasteiger partial charge in [0.05, 0.1) is 18.5 Å². The summed E-state index contributed by atoms with van der Waals surface area (Å²) in [4.78, 5) is 4.23. The van der Waals surface area contributed by atoms with Crippen LogP contribution in [0, 0.1) is 11.6 Å². The Morgan fingerprint density at radius 3 is 2.53 bits per heavy atom. The van der Waals surface area contributed by atoms with Crippen LogP contribution in [0.25, 0.3) is 11.1 Å². The van der Waals surface area contributed by atoms with Crippen molar-refractivity contribution < 1.29 is 22.6 Å². The van der Waals surface area contributed by atoms with E-state index in [4.69, 9.17) is 9.47 Å². The van der Waals surface area contributed by atoms with Crippen LogP contribution in [0.3, 0.4) is 0 Å². The highest BCUT2D eigenvalue weighted by molar-refractivity contribution is 5.71. The molecule has 2 fully saturated rings.